The molecule has 24 heavy (non-hydrogen) atoms. The first-order valence-electron chi connectivity index (χ1n) is 8.69. The van der Waals surface area contributed by atoms with Gasteiger partial charge in [0.15, 0.2) is 0 Å². The van der Waals surface area contributed by atoms with E-state index in [9.17, 15) is 9.59 Å². The van der Waals surface area contributed by atoms with Crippen molar-refractivity contribution in [2.45, 2.75) is 38.3 Å². The molecule has 1 aromatic rings. The Kier molecular flexibility index (Phi) is 5.48. The summed E-state index contributed by atoms with van der Waals surface area (Å²) in [4.78, 5) is 26.7. The van der Waals surface area contributed by atoms with Gasteiger partial charge in [-0.05, 0) is 50.5 Å². The van der Waals surface area contributed by atoms with Crippen LogP contribution in [0.4, 0.5) is 5.69 Å². The average Bonchev–Trinajstić information content (AvgIpc) is 2.63. The van der Waals surface area contributed by atoms with Gasteiger partial charge >= 0.3 is 0 Å². The third-order valence-corrected chi connectivity index (χ3v) is 4.68. The standard InChI is InChI=1S/C18H25N3O3/c1-13-4-2-3-10-21(13)18(23)14-5-7-15(8-6-14)20-17(22)16-12-19-9-11-24-16/h5-8,13,16,19H,2-4,9-12H2,1H3,(H,20,22). The second-order valence-electron chi connectivity index (χ2n) is 6.47. The van der Waals surface area contributed by atoms with E-state index in [2.05, 4.69) is 17.6 Å². The molecule has 2 unspecified atom stereocenters. The number of morpholine rings is 1. The van der Waals surface area contributed by atoms with Crippen LogP contribution in [-0.2, 0) is 9.53 Å². The molecule has 2 aliphatic heterocycles. The predicted molar refractivity (Wildman–Crippen MR) is 92.0 cm³/mol. The summed E-state index contributed by atoms with van der Waals surface area (Å²) < 4.78 is 5.43. The van der Waals surface area contributed by atoms with Crippen LogP contribution in [0.2, 0.25) is 0 Å². The van der Waals surface area contributed by atoms with E-state index in [0.717, 1.165) is 25.9 Å². The maximum Gasteiger partial charge on any atom is 0.254 e. The highest BCUT2D eigenvalue weighted by Gasteiger charge is 2.24. The molecule has 0 spiro atoms. The number of piperidine rings is 1. The molecule has 130 valence electrons. The van der Waals surface area contributed by atoms with E-state index in [0.29, 0.717) is 30.4 Å². The van der Waals surface area contributed by atoms with Gasteiger partial charge in [-0.25, -0.2) is 0 Å². The number of nitrogens with zero attached hydrogens (tertiary/aromatic N) is 1. The Balaban J connectivity index is 1.60. The minimum Gasteiger partial charge on any atom is -0.366 e. The van der Waals surface area contributed by atoms with Gasteiger partial charge < -0.3 is 20.3 Å². The molecule has 2 saturated heterocycles. The Hall–Kier alpha value is -1.92. The van der Waals surface area contributed by atoms with Crippen molar-refractivity contribution in [3.63, 3.8) is 0 Å². The van der Waals surface area contributed by atoms with Crippen molar-refractivity contribution in [3.8, 4) is 0 Å². The molecule has 6 nitrogen and oxygen atoms in total. The van der Waals surface area contributed by atoms with Gasteiger partial charge in [-0.2, -0.15) is 0 Å². The second kappa shape index (κ2) is 7.77. The molecule has 0 aromatic heterocycles. The minimum absolute atomic E-state index is 0.0693. The predicted octanol–water partition coefficient (Wildman–Crippen LogP) is 1.63. The Labute approximate surface area is 142 Å². The lowest BCUT2D eigenvalue weighted by Gasteiger charge is -2.33. The van der Waals surface area contributed by atoms with Gasteiger partial charge in [0, 0.05) is 36.9 Å². The number of nitrogens with one attached hydrogen (secondary N) is 2. The molecule has 0 bridgehead atoms. The summed E-state index contributed by atoms with van der Waals surface area (Å²) in [6.07, 6.45) is 2.86. The fraction of sp³-hybridized carbons (Fsp3) is 0.556. The molecular weight excluding hydrogens is 306 g/mol. The molecule has 2 fully saturated rings. The number of benzene rings is 1. The first kappa shape index (κ1) is 16.9. The number of rotatable bonds is 3. The van der Waals surface area contributed by atoms with Gasteiger partial charge in [-0.3, -0.25) is 9.59 Å². The van der Waals surface area contributed by atoms with Gasteiger partial charge in [0.05, 0.1) is 6.61 Å². The molecule has 6 heteroatoms. The Morgan fingerprint density at radius 2 is 2.04 bits per heavy atom. The molecule has 0 aliphatic carbocycles. The molecule has 2 atom stereocenters. The monoisotopic (exact) mass is 331 g/mol. The molecule has 0 saturated carbocycles. The van der Waals surface area contributed by atoms with Crippen LogP contribution in [0.1, 0.15) is 36.5 Å². The van der Waals surface area contributed by atoms with Crippen LogP contribution in [-0.4, -0.2) is 55.1 Å². The zero-order valence-corrected chi connectivity index (χ0v) is 14.1. The van der Waals surface area contributed by atoms with E-state index >= 15 is 0 Å². The summed E-state index contributed by atoms with van der Waals surface area (Å²) in [5.41, 5.74) is 1.34. The largest absolute Gasteiger partial charge is 0.366 e. The summed E-state index contributed by atoms with van der Waals surface area (Å²) >= 11 is 0. The van der Waals surface area contributed by atoms with E-state index in [-0.39, 0.29) is 11.8 Å². The Morgan fingerprint density at radius 3 is 2.71 bits per heavy atom. The normalized spacial score (nSPS) is 24.5. The third-order valence-electron chi connectivity index (χ3n) is 4.68. The molecule has 3 rings (SSSR count). The zero-order valence-electron chi connectivity index (χ0n) is 14.1. The Bertz CT molecular complexity index is 582. The van der Waals surface area contributed by atoms with Crippen molar-refractivity contribution in [2.75, 3.05) is 31.6 Å². The second-order valence-corrected chi connectivity index (χ2v) is 6.47. The topological polar surface area (TPSA) is 70.7 Å². The number of hydrogen-bond donors (Lipinski definition) is 2. The molecule has 1 aromatic carbocycles. The lowest BCUT2D eigenvalue weighted by atomic mass is 10.0. The number of ether oxygens (including phenoxy) is 1. The average molecular weight is 331 g/mol. The number of amides is 2. The summed E-state index contributed by atoms with van der Waals surface area (Å²) in [7, 11) is 0. The van der Waals surface area contributed by atoms with Crippen LogP contribution in [0.5, 0.6) is 0 Å². The molecule has 2 N–H and O–H groups in total. The molecule has 0 radical (unpaired) electrons. The van der Waals surface area contributed by atoms with Crippen LogP contribution < -0.4 is 10.6 Å². The van der Waals surface area contributed by atoms with E-state index in [1.807, 2.05) is 4.90 Å². The number of anilines is 1. The minimum atomic E-state index is -0.464. The smallest absolute Gasteiger partial charge is 0.254 e. The molecule has 2 aliphatic rings. The summed E-state index contributed by atoms with van der Waals surface area (Å²) in [6, 6.07) is 7.39. The van der Waals surface area contributed by atoms with Crippen molar-refractivity contribution in [3.05, 3.63) is 29.8 Å². The lowest BCUT2D eigenvalue weighted by Crippen LogP contribution is -2.45. The van der Waals surface area contributed by atoms with Crippen molar-refractivity contribution in [2.24, 2.45) is 0 Å². The van der Waals surface area contributed by atoms with E-state index in [1.54, 1.807) is 24.3 Å². The van der Waals surface area contributed by atoms with Crippen molar-refractivity contribution in [1.29, 1.82) is 0 Å². The SMILES string of the molecule is CC1CCCCN1C(=O)c1ccc(NC(=O)C2CNCCO2)cc1. The van der Waals surface area contributed by atoms with Gasteiger partial charge in [0.25, 0.3) is 11.8 Å². The number of likely N-dealkylation sites (tertiary alicyclic amines) is 1. The number of hydrogen-bond acceptors (Lipinski definition) is 4. The first-order chi connectivity index (χ1) is 11.6. The van der Waals surface area contributed by atoms with E-state index in [1.165, 1.54) is 6.42 Å². The van der Waals surface area contributed by atoms with Crippen LogP contribution in [0.25, 0.3) is 0 Å². The molecule has 2 heterocycles. The highest BCUT2D eigenvalue weighted by atomic mass is 16.5. The number of carbonyl (C=O) groups is 2. The highest BCUT2D eigenvalue weighted by Crippen LogP contribution is 2.20. The van der Waals surface area contributed by atoms with Crippen molar-refractivity contribution < 1.29 is 14.3 Å². The van der Waals surface area contributed by atoms with E-state index < -0.39 is 6.10 Å². The quantitative estimate of drug-likeness (QED) is 0.883. The van der Waals surface area contributed by atoms with Crippen LogP contribution >= 0.6 is 0 Å². The van der Waals surface area contributed by atoms with Crippen molar-refractivity contribution >= 4 is 17.5 Å². The molecule has 2 amide bonds. The van der Waals surface area contributed by atoms with Gasteiger partial charge in [0.1, 0.15) is 6.10 Å². The van der Waals surface area contributed by atoms with Gasteiger partial charge in [-0.1, -0.05) is 0 Å². The van der Waals surface area contributed by atoms with E-state index in [4.69, 9.17) is 4.74 Å². The maximum atomic E-state index is 12.6. The fourth-order valence-corrected chi connectivity index (χ4v) is 3.22. The fourth-order valence-electron chi connectivity index (χ4n) is 3.22. The van der Waals surface area contributed by atoms with Crippen LogP contribution in [0.15, 0.2) is 24.3 Å². The maximum absolute atomic E-state index is 12.6. The summed E-state index contributed by atoms with van der Waals surface area (Å²) in [5.74, 6) is -0.0918. The molecular formula is C18H25N3O3. The van der Waals surface area contributed by atoms with Crippen LogP contribution in [0, 0.1) is 0 Å². The highest BCUT2D eigenvalue weighted by molar-refractivity contribution is 5.97. The zero-order chi connectivity index (χ0) is 16.9. The number of carbonyl (C=O) groups excluding carboxylic acids is 2. The summed E-state index contributed by atoms with van der Waals surface area (Å²) in [6.45, 7) is 4.76. The van der Waals surface area contributed by atoms with Crippen LogP contribution in [0.3, 0.4) is 0 Å². The lowest BCUT2D eigenvalue weighted by molar-refractivity contribution is -0.128. The Morgan fingerprint density at radius 1 is 1.25 bits per heavy atom. The van der Waals surface area contributed by atoms with Gasteiger partial charge in [-0.15, -0.1) is 0 Å². The van der Waals surface area contributed by atoms with Crippen molar-refractivity contribution in [1.82, 2.24) is 10.2 Å². The van der Waals surface area contributed by atoms with Gasteiger partial charge in [0.2, 0.25) is 0 Å². The first-order valence-corrected chi connectivity index (χ1v) is 8.69. The summed E-state index contributed by atoms with van der Waals surface area (Å²) in [5, 5.41) is 5.97. The third kappa shape index (κ3) is 3.94.